The minimum atomic E-state index is -0.536. The highest BCUT2D eigenvalue weighted by Gasteiger charge is 2.39. The topological polar surface area (TPSA) is 23.6 Å². The number of likely N-dealkylation sites (N-methyl/N-ethyl adjacent to an activating group) is 1. The fourth-order valence-electron chi connectivity index (χ4n) is 3.69. The maximum absolute atomic E-state index is 13.6. The Hall–Kier alpha value is -2.13. The Kier molecular flexibility index (Phi) is 6.60. The second-order valence-corrected chi connectivity index (χ2v) is 7.36. The fraction of sp³-hybridized carbons (Fsp3) is 0.435. The largest absolute Gasteiger partial charge is 0.377 e. The molecule has 3 heteroatoms. The van der Waals surface area contributed by atoms with Crippen LogP contribution in [0.25, 0.3) is 0 Å². The normalized spacial score (nSPS) is 13.5. The number of carbonyl (C=O) groups excluding carboxylic acids is 1. The molecule has 0 aliphatic carbocycles. The van der Waals surface area contributed by atoms with E-state index in [-0.39, 0.29) is 5.78 Å². The molecule has 0 heterocycles. The first-order valence-electron chi connectivity index (χ1n) is 9.42. The van der Waals surface area contributed by atoms with Crippen molar-refractivity contribution >= 4 is 11.5 Å². The van der Waals surface area contributed by atoms with Crippen molar-refractivity contribution in [3.8, 4) is 0 Å². The first-order chi connectivity index (χ1) is 12.4. The third-order valence-electron chi connectivity index (χ3n) is 5.41. The smallest absolute Gasteiger partial charge is 0.183 e. The lowest BCUT2D eigenvalue weighted by Gasteiger charge is -2.38. The predicted molar refractivity (Wildman–Crippen MR) is 111 cm³/mol. The van der Waals surface area contributed by atoms with Gasteiger partial charge in [-0.3, -0.25) is 9.69 Å². The van der Waals surface area contributed by atoms with Gasteiger partial charge in [0, 0.05) is 25.3 Å². The fourth-order valence-corrected chi connectivity index (χ4v) is 3.69. The molecule has 0 saturated carbocycles. The van der Waals surface area contributed by atoms with E-state index < -0.39 is 5.54 Å². The second kappa shape index (κ2) is 8.50. The van der Waals surface area contributed by atoms with Crippen LogP contribution in [0, 0.1) is 0 Å². The Morgan fingerprint density at radius 3 is 2.12 bits per heavy atom. The Bertz CT molecular complexity index is 737. The van der Waals surface area contributed by atoms with E-state index in [9.17, 15) is 4.79 Å². The Morgan fingerprint density at radius 2 is 1.62 bits per heavy atom. The van der Waals surface area contributed by atoms with Gasteiger partial charge in [0.25, 0.3) is 0 Å². The molecule has 1 atom stereocenters. The molecular formula is C23H32N2O. The van der Waals surface area contributed by atoms with Gasteiger partial charge in [-0.15, -0.1) is 0 Å². The van der Waals surface area contributed by atoms with E-state index in [4.69, 9.17) is 0 Å². The highest BCUT2D eigenvalue weighted by molar-refractivity contribution is 6.04. The summed E-state index contributed by atoms with van der Waals surface area (Å²) >= 11 is 0. The van der Waals surface area contributed by atoms with Crippen LogP contribution in [0.2, 0.25) is 0 Å². The van der Waals surface area contributed by atoms with Crippen molar-refractivity contribution in [3.63, 3.8) is 0 Å². The van der Waals surface area contributed by atoms with Gasteiger partial charge in [-0.2, -0.15) is 0 Å². The van der Waals surface area contributed by atoms with Crippen LogP contribution < -0.4 is 4.90 Å². The molecule has 0 N–H and O–H groups in total. The maximum atomic E-state index is 13.6. The number of benzene rings is 2. The van der Waals surface area contributed by atoms with Crippen molar-refractivity contribution < 1.29 is 4.79 Å². The van der Waals surface area contributed by atoms with Crippen molar-refractivity contribution in [1.82, 2.24) is 4.90 Å². The highest BCUT2D eigenvalue weighted by atomic mass is 16.1. The number of aryl methyl sites for hydroxylation is 1. The molecule has 26 heavy (non-hydrogen) atoms. The van der Waals surface area contributed by atoms with Crippen LogP contribution in [0.15, 0.2) is 48.5 Å². The molecule has 3 nitrogen and oxygen atoms in total. The molecule has 0 aliphatic heterocycles. The summed E-state index contributed by atoms with van der Waals surface area (Å²) in [7, 11) is 8.11. The van der Waals surface area contributed by atoms with Crippen LogP contribution in [0.1, 0.15) is 41.8 Å². The van der Waals surface area contributed by atoms with Crippen molar-refractivity contribution in [2.24, 2.45) is 0 Å². The van der Waals surface area contributed by atoms with E-state index in [2.05, 4.69) is 47.9 Å². The van der Waals surface area contributed by atoms with Crippen molar-refractivity contribution in [1.29, 1.82) is 0 Å². The highest BCUT2D eigenvalue weighted by Crippen LogP contribution is 2.30. The SMILES string of the molecule is CCc1cc(C(=O)C(CC)(Cc2ccccc2)N(C)C)ccc1N(C)C. The van der Waals surface area contributed by atoms with Crippen LogP contribution in [0.4, 0.5) is 5.69 Å². The molecule has 0 spiro atoms. The first-order valence-corrected chi connectivity index (χ1v) is 9.42. The lowest BCUT2D eigenvalue weighted by atomic mass is 9.80. The van der Waals surface area contributed by atoms with Crippen molar-refractivity contribution in [3.05, 3.63) is 65.2 Å². The van der Waals surface area contributed by atoms with Gasteiger partial charge in [-0.1, -0.05) is 44.2 Å². The van der Waals surface area contributed by atoms with Crippen LogP contribution in [0.5, 0.6) is 0 Å². The first kappa shape index (κ1) is 20.2. The summed E-state index contributed by atoms with van der Waals surface area (Å²) in [4.78, 5) is 17.8. The quantitative estimate of drug-likeness (QED) is 0.656. The molecule has 1 unspecified atom stereocenters. The van der Waals surface area contributed by atoms with E-state index >= 15 is 0 Å². The summed E-state index contributed by atoms with van der Waals surface area (Å²) < 4.78 is 0. The van der Waals surface area contributed by atoms with E-state index in [1.165, 1.54) is 16.8 Å². The molecule has 140 valence electrons. The van der Waals surface area contributed by atoms with Crippen LogP contribution >= 0.6 is 0 Å². The molecule has 0 aliphatic rings. The Morgan fingerprint density at radius 1 is 0.962 bits per heavy atom. The van der Waals surface area contributed by atoms with Gasteiger partial charge in [0.2, 0.25) is 0 Å². The van der Waals surface area contributed by atoms with Gasteiger partial charge >= 0.3 is 0 Å². The molecule has 0 fully saturated rings. The summed E-state index contributed by atoms with van der Waals surface area (Å²) in [5, 5.41) is 0. The summed E-state index contributed by atoms with van der Waals surface area (Å²) in [6.07, 6.45) is 2.39. The van der Waals surface area contributed by atoms with Gasteiger partial charge in [-0.25, -0.2) is 0 Å². The number of nitrogens with zero attached hydrogens (tertiary/aromatic N) is 2. The number of Topliss-reactive ketones (excluding diaryl/α,β-unsaturated/α-hetero) is 1. The van der Waals surface area contributed by atoms with E-state index in [0.717, 1.165) is 18.4 Å². The molecule has 0 radical (unpaired) electrons. The zero-order valence-corrected chi connectivity index (χ0v) is 17.0. The number of anilines is 1. The van der Waals surface area contributed by atoms with Crippen LogP contribution in [-0.4, -0.2) is 44.4 Å². The molecule has 2 aromatic carbocycles. The standard InChI is InChI=1S/C23H32N2O/c1-7-19-16-20(14-15-21(19)24(3)4)22(26)23(8-2,25(5)6)17-18-12-10-9-11-13-18/h9-16H,7-8,17H2,1-6H3. The number of rotatable bonds is 8. The molecule has 0 amide bonds. The Balaban J connectivity index is 2.47. The van der Waals surface area contributed by atoms with Crippen molar-refractivity contribution in [2.75, 3.05) is 33.1 Å². The molecule has 0 aromatic heterocycles. The summed E-state index contributed by atoms with van der Waals surface area (Å²) in [5.41, 5.74) is 3.85. The minimum absolute atomic E-state index is 0.203. The minimum Gasteiger partial charge on any atom is -0.377 e. The zero-order valence-electron chi connectivity index (χ0n) is 17.0. The lowest BCUT2D eigenvalue weighted by Crippen LogP contribution is -2.52. The average molecular weight is 353 g/mol. The van der Waals surface area contributed by atoms with Gasteiger partial charge < -0.3 is 4.90 Å². The number of hydrogen-bond donors (Lipinski definition) is 0. The maximum Gasteiger partial charge on any atom is 0.183 e. The molecule has 2 aromatic rings. The third-order valence-corrected chi connectivity index (χ3v) is 5.41. The average Bonchev–Trinajstić information content (AvgIpc) is 2.65. The van der Waals surface area contributed by atoms with Crippen LogP contribution in [0.3, 0.4) is 0 Å². The summed E-state index contributed by atoms with van der Waals surface area (Å²) in [6.45, 7) is 4.25. The van der Waals surface area contributed by atoms with Gasteiger partial charge in [-0.05, 0) is 62.7 Å². The van der Waals surface area contributed by atoms with E-state index in [0.29, 0.717) is 6.42 Å². The zero-order chi connectivity index (χ0) is 19.3. The van der Waals surface area contributed by atoms with E-state index in [1.54, 1.807) is 0 Å². The second-order valence-electron chi connectivity index (χ2n) is 7.36. The van der Waals surface area contributed by atoms with Gasteiger partial charge in [0.05, 0.1) is 5.54 Å². The predicted octanol–water partition coefficient (Wildman–Crippen LogP) is 4.45. The number of carbonyl (C=O) groups is 1. The third kappa shape index (κ3) is 3.99. The molecular weight excluding hydrogens is 320 g/mol. The monoisotopic (exact) mass is 352 g/mol. The Labute approximate surface area is 158 Å². The summed E-state index contributed by atoms with van der Waals surface area (Å²) in [6, 6.07) is 16.4. The van der Waals surface area contributed by atoms with Crippen molar-refractivity contribution in [2.45, 2.75) is 38.6 Å². The van der Waals surface area contributed by atoms with E-state index in [1.807, 2.05) is 52.5 Å². The van der Waals surface area contributed by atoms with Gasteiger partial charge in [0.15, 0.2) is 5.78 Å². The summed E-state index contributed by atoms with van der Waals surface area (Å²) in [5.74, 6) is 0.203. The molecule has 2 rings (SSSR count). The number of hydrogen-bond acceptors (Lipinski definition) is 3. The molecule has 0 saturated heterocycles. The van der Waals surface area contributed by atoms with Gasteiger partial charge in [0.1, 0.15) is 0 Å². The van der Waals surface area contributed by atoms with Crippen LogP contribution in [-0.2, 0) is 12.8 Å². The number of ketones is 1. The lowest BCUT2D eigenvalue weighted by molar-refractivity contribution is 0.0666. The molecule has 0 bridgehead atoms.